The molecule has 0 atom stereocenters. The average molecular weight is 506 g/mol. The molecule has 0 saturated heterocycles. The van der Waals surface area contributed by atoms with E-state index in [0.717, 1.165) is 21.6 Å². The summed E-state index contributed by atoms with van der Waals surface area (Å²) in [5.74, 6) is 0.948. The lowest BCUT2D eigenvalue weighted by Gasteiger charge is -2.13. The first kappa shape index (κ1) is 37.1. The second kappa shape index (κ2) is 17.9. The van der Waals surface area contributed by atoms with Crippen LogP contribution >= 0.6 is 11.3 Å². The normalized spacial score (nSPS) is 12.1. The van der Waals surface area contributed by atoms with Gasteiger partial charge in [0.25, 0.3) is 0 Å². The van der Waals surface area contributed by atoms with Crippen molar-refractivity contribution < 1.29 is 9.53 Å². The number of hydrogen-bond acceptors (Lipinski definition) is 5. The highest BCUT2D eigenvalue weighted by Crippen LogP contribution is 2.32. The maximum atomic E-state index is 11.2. The molecular weight excluding hydrogens is 454 g/mol. The molecular formula is C29H51N3O2S. The van der Waals surface area contributed by atoms with Gasteiger partial charge in [-0.05, 0) is 50.3 Å². The van der Waals surface area contributed by atoms with Crippen LogP contribution in [-0.2, 0) is 4.79 Å². The Kier molecular flexibility index (Phi) is 19.0. The number of fused-ring (bicyclic) bond motifs is 1. The van der Waals surface area contributed by atoms with Crippen LogP contribution in [0.4, 0.5) is 0 Å². The molecule has 5 nitrogen and oxygen atoms in total. The topological polar surface area (TPSA) is 64.1 Å². The van der Waals surface area contributed by atoms with Crippen LogP contribution < -0.4 is 10.1 Å². The maximum absolute atomic E-state index is 11.2. The van der Waals surface area contributed by atoms with Crippen molar-refractivity contribution in [3.63, 3.8) is 0 Å². The number of nitrogens with one attached hydrogen (secondary N) is 1. The molecule has 6 heteroatoms. The van der Waals surface area contributed by atoms with E-state index in [2.05, 4.69) is 10.3 Å². The zero-order valence-electron chi connectivity index (χ0n) is 18.2. The fraction of sp³-hybridized carbons (Fsp3) is 0.552. The number of carbonyl (C=O) groups excluding carboxylic acids is 1. The van der Waals surface area contributed by atoms with Crippen molar-refractivity contribution in [3.05, 3.63) is 41.8 Å². The first-order chi connectivity index (χ1) is 14.4. The molecule has 0 radical (unpaired) electrons. The van der Waals surface area contributed by atoms with Crippen LogP contribution in [0.5, 0.6) is 5.88 Å². The second-order valence-corrected chi connectivity index (χ2v) is 9.10. The van der Waals surface area contributed by atoms with Gasteiger partial charge < -0.3 is 10.1 Å². The lowest BCUT2D eigenvalue weighted by Crippen LogP contribution is -2.35. The molecule has 3 aromatic rings. The smallest absolute Gasteiger partial charge is 0.242 e. The highest BCUT2D eigenvalue weighted by molar-refractivity contribution is 7.13. The van der Waals surface area contributed by atoms with Gasteiger partial charge in [0.2, 0.25) is 11.8 Å². The minimum absolute atomic E-state index is 0. The van der Waals surface area contributed by atoms with Gasteiger partial charge in [-0.15, -0.1) is 11.3 Å². The van der Waals surface area contributed by atoms with Gasteiger partial charge in [-0.1, -0.05) is 82.0 Å². The summed E-state index contributed by atoms with van der Waals surface area (Å²) in [7, 11) is 0. The van der Waals surface area contributed by atoms with Crippen LogP contribution in [0.15, 0.2) is 41.8 Å². The molecule has 0 aliphatic heterocycles. The number of thiophene rings is 1. The van der Waals surface area contributed by atoms with Crippen LogP contribution in [0, 0.1) is 5.92 Å². The molecule has 1 aromatic carbocycles. The number of rotatable bonds is 5. The van der Waals surface area contributed by atoms with E-state index in [9.17, 15) is 4.79 Å². The van der Waals surface area contributed by atoms with Gasteiger partial charge in [-0.2, -0.15) is 0 Å². The number of carbonyl (C=O) groups is 1. The quantitative estimate of drug-likeness (QED) is 0.375. The van der Waals surface area contributed by atoms with E-state index in [1.165, 1.54) is 25.7 Å². The van der Waals surface area contributed by atoms with E-state index < -0.39 is 0 Å². The van der Waals surface area contributed by atoms with Crippen molar-refractivity contribution in [2.45, 2.75) is 103 Å². The molecule has 1 fully saturated rings. The van der Waals surface area contributed by atoms with Crippen LogP contribution in [0.25, 0.3) is 21.6 Å². The van der Waals surface area contributed by atoms with Gasteiger partial charge in [-0.3, -0.25) is 4.79 Å². The molecule has 0 bridgehead atoms. The van der Waals surface area contributed by atoms with E-state index in [0.29, 0.717) is 11.9 Å². The molecule has 1 aliphatic carbocycles. The van der Waals surface area contributed by atoms with Crippen molar-refractivity contribution in [1.82, 2.24) is 15.3 Å². The third-order valence-electron chi connectivity index (χ3n) is 4.87. The lowest BCUT2D eigenvalue weighted by atomic mass is 10.2. The maximum Gasteiger partial charge on any atom is 0.242 e. The van der Waals surface area contributed by atoms with E-state index in [-0.39, 0.29) is 55.1 Å². The SMILES string of the molecule is C.C.C.C.C.CC(C)C(=O)NC1CCCC1.CC(C)Oc1nc2ccccc2nc1-c1cccs1. The van der Waals surface area contributed by atoms with E-state index in [4.69, 9.17) is 9.72 Å². The van der Waals surface area contributed by atoms with Crippen molar-refractivity contribution in [3.8, 4) is 16.5 Å². The van der Waals surface area contributed by atoms with Crippen molar-refractivity contribution in [1.29, 1.82) is 0 Å². The van der Waals surface area contributed by atoms with Gasteiger partial charge in [0.15, 0.2) is 0 Å². The molecule has 4 rings (SSSR count). The summed E-state index contributed by atoms with van der Waals surface area (Å²) in [4.78, 5) is 21.6. The summed E-state index contributed by atoms with van der Waals surface area (Å²) < 4.78 is 5.81. The third kappa shape index (κ3) is 10.8. The summed E-state index contributed by atoms with van der Waals surface area (Å²) in [6.07, 6.45) is 5.00. The van der Waals surface area contributed by atoms with Gasteiger partial charge in [0.1, 0.15) is 5.69 Å². The molecule has 2 heterocycles. The summed E-state index contributed by atoms with van der Waals surface area (Å²) >= 11 is 1.64. The highest BCUT2D eigenvalue weighted by Gasteiger charge is 2.18. The van der Waals surface area contributed by atoms with Crippen LogP contribution in [-0.4, -0.2) is 28.0 Å². The summed E-state index contributed by atoms with van der Waals surface area (Å²) in [5.41, 5.74) is 2.57. The molecule has 1 amide bonds. The Balaban J connectivity index is -0.000000567. The Morgan fingerprint density at radius 3 is 1.97 bits per heavy atom. The first-order valence-corrected chi connectivity index (χ1v) is 11.6. The van der Waals surface area contributed by atoms with E-state index in [1.807, 2.05) is 69.5 Å². The fourth-order valence-corrected chi connectivity index (χ4v) is 4.01. The molecule has 0 spiro atoms. The highest BCUT2D eigenvalue weighted by atomic mass is 32.1. The molecule has 200 valence electrons. The third-order valence-corrected chi connectivity index (χ3v) is 5.74. The molecule has 1 N–H and O–H groups in total. The number of aromatic nitrogens is 2. The van der Waals surface area contributed by atoms with Crippen LogP contribution in [0.3, 0.4) is 0 Å². The van der Waals surface area contributed by atoms with E-state index >= 15 is 0 Å². The Morgan fingerprint density at radius 2 is 1.49 bits per heavy atom. The predicted molar refractivity (Wildman–Crippen MR) is 158 cm³/mol. The Labute approximate surface area is 219 Å². The number of hydrogen-bond donors (Lipinski definition) is 1. The number of amides is 1. The van der Waals surface area contributed by atoms with Gasteiger partial charge in [-0.25, -0.2) is 9.97 Å². The number of benzene rings is 1. The van der Waals surface area contributed by atoms with Gasteiger partial charge in [0, 0.05) is 12.0 Å². The largest absolute Gasteiger partial charge is 0.473 e. The standard InChI is InChI=1S/C15H14N2OS.C9H17NO.5CH4/c1-10(2)18-15-14(13-8-5-9-19-13)16-11-6-3-4-7-12(11)17-15;1-7(2)9(11)10-8-5-3-4-6-8;;;;;/h3-10H,1-2H3;7-8H,3-6H2,1-2H3,(H,10,11);5*1H4. The van der Waals surface area contributed by atoms with Crippen molar-refractivity contribution in [2.75, 3.05) is 0 Å². The molecule has 1 aliphatic rings. The van der Waals surface area contributed by atoms with Crippen LogP contribution in [0.2, 0.25) is 0 Å². The van der Waals surface area contributed by atoms with Crippen LogP contribution in [0.1, 0.15) is 90.5 Å². The number of ether oxygens (including phenoxy) is 1. The Bertz CT molecular complexity index is 950. The second-order valence-electron chi connectivity index (χ2n) is 8.15. The molecule has 2 aromatic heterocycles. The monoisotopic (exact) mass is 505 g/mol. The first-order valence-electron chi connectivity index (χ1n) is 10.7. The average Bonchev–Trinajstić information content (AvgIpc) is 3.41. The van der Waals surface area contributed by atoms with E-state index in [1.54, 1.807) is 11.3 Å². The minimum Gasteiger partial charge on any atom is -0.473 e. The lowest BCUT2D eigenvalue weighted by molar-refractivity contribution is -0.124. The fourth-order valence-electron chi connectivity index (χ4n) is 3.30. The summed E-state index contributed by atoms with van der Waals surface area (Å²) in [5, 5.41) is 5.07. The van der Waals surface area contributed by atoms with Gasteiger partial charge in [0.05, 0.1) is 22.0 Å². The summed E-state index contributed by atoms with van der Waals surface area (Å²) in [6, 6.07) is 12.4. The van der Waals surface area contributed by atoms with Crippen molar-refractivity contribution in [2.24, 2.45) is 5.92 Å². The Morgan fingerprint density at radius 1 is 0.914 bits per heavy atom. The molecule has 1 saturated carbocycles. The van der Waals surface area contributed by atoms with Crippen molar-refractivity contribution >= 4 is 28.3 Å². The minimum atomic E-state index is 0. The zero-order chi connectivity index (χ0) is 21.5. The zero-order valence-corrected chi connectivity index (χ0v) is 19.0. The Hall–Kier alpha value is -2.47. The predicted octanol–water partition coefficient (Wildman–Crippen LogP) is 9.03. The molecule has 35 heavy (non-hydrogen) atoms. The molecule has 0 unspecified atom stereocenters. The summed E-state index contributed by atoms with van der Waals surface area (Å²) in [6.45, 7) is 7.86. The number of nitrogens with zero attached hydrogens (tertiary/aromatic N) is 2. The number of para-hydroxylation sites is 2. The van der Waals surface area contributed by atoms with Gasteiger partial charge >= 0.3 is 0 Å².